The van der Waals surface area contributed by atoms with E-state index in [0.29, 0.717) is 0 Å². The molecule has 4 nitrogen and oxygen atoms in total. The van der Waals surface area contributed by atoms with Gasteiger partial charge in [0.25, 0.3) is 0 Å². The summed E-state index contributed by atoms with van der Waals surface area (Å²) in [4.78, 5) is 12.1. The second-order valence-corrected chi connectivity index (χ2v) is 5.25. The lowest BCUT2D eigenvalue weighted by atomic mass is 10.1. The van der Waals surface area contributed by atoms with Crippen molar-refractivity contribution in [2.45, 2.75) is 19.9 Å². The van der Waals surface area contributed by atoms with Crippen LogP contribution in [0.4, 0.5) is 5.69 Å². The first-order valence-electron chi connectivity index (χ1n) is 7.33. The number of hydrogen-bond acceptors (Lipinski definition) is 3. The third kappa shape index (κ3) is 4.25. The van der Waals surface area contributed by atoms with Gasteiger partial charge < -0.3 is 15.4 Å². The Kier molecular flexibility index (Phi) is 5.42. The van der Waals surface area contributed by atoms with Crippen LogP contribution in [0, 0.1) is 6.92 Å². The number of methoxy groups -OCH3 is 1. The van der Waals surface area contributed by atoms with Crippen LogP contribution in [0.15, 0.2) is 48.5 Å². The molecule has 2 N–H and O–H groups in total. The summed E-state index contributed by atoms with van der Waals surface area (Å²) >= 11 is 0. The summed E-state index contributed by atoms with van der Waals surface area (Å²) in [5.41, 5.74) is 3.10. The fourth-order valence-electron chi connectivity index (χ4n) is 2.25. The molecule has 0 radical (unpaired) electrons. The summed E-state index contributed by atoms with van der Waals surface area (Å²) < 4.78 is 5.32. The summed E-state index contributed by atoms with van der Waals surface area (Å²) in [6, 6.07) is 15.5. The molecule has 2 aromatic rings. The number of benzene rings is 2. The lowest BCUT2D eigenvalue weighted by molar-refractivity contribution is -0.120. The van der Waals surface area contributed by atoms with Gasteiger partial charge in [0.15, 0.2) is 0 Å². The highest BCUT2D eigenvalue weighted by Crippen LogP contribution is 2.24. The van der Waals surface area contributed by atoms with Gasteiger partial charge in [-0.25, -0.2) is 0 Å². The number of amides is 1. The van der Waals surface area contributed by atoms with Crippen molar-refractivity contribution >= 4 is 11.6 Å². The molecule has 2 rings (SSSR count). The summed E-state index contributed by atoms with van der Waals surface area (Å²) in [6.07, 6.45) is 0. The van der Waals surface area contributed by atoms with Crippen LogP contribution < -0.4 is 15.4 Å². The quantitative estimate of drug-likeness (QED) is 0.860. The van der Waals surface area contributed by atoms with Crippen LogP contribution in [0.1, 0.15) is 24.1 Å². The van der Waals surface area contributed by atoms with Crippen LogP contribution in [0.5, 0.6) is 5.75 Å². The van der Waals surface area contributed by atoms with Gasteiger partial charge >= 0.3 is 0 Å². The number of carbonyl (C=O) groups excluding carboxylic acids is 1. The third-order valence-corrected chi connectivity index (χ3v) is 3.49. The molecular weight excluding hydrogens is 276 g/mol. The first-order chi connectivity index (χ1) is 10.6. The van der Waals surface area contributed by atoms with Gasteiger partial charge in [0.1, 0.15) is 5.75 Å². The first-order valence-corrected chi connectivity index (χ1v) is 7.33. The smallest absolute Gasteiger partial charge is 0.239 e. The zero-order chi connectivity index (χ0) is 15.9. The van der Waals surface area contributed by atoms with Crippen LogP contribution >= 0.6 is 0 Å². The molecule has 116 valence electrons. The first kappa shape index (κ1) is 15.9. The molecule has 0 spiro atoms. The van der Waals surface area contributed by atoms with E-state index in [9.17, 15) is 4.79 Å². The Bertz CT molecular complexity index is 623. The van der Waals surface area contributed by atoms with Crippen molar-refractivity contribution in [1.82, 2.24) is 5.32 Å². The van der Waals surface area contributed by atoms with E-state index in [1.54, 1.807) is 7.11 Å². The molecule has 0 aliphatic rings. The predicted octanol–water partition coefficient (Wildman–Crippen LogP) is 3.29. The van der Waals surface area contributed by atoms with Gasteiger partial charge in [0, 0.05) is 11.3 Å². The zero-order valence-corrected chi connectivity index (χ0v) is 13.2. The van der Waals surface area contributed by atoms with Crippen LogP contribution in [-0.4, -0.2) is 19.6 Å². The Morgan fingerprint density at radius 3 is 2.50 bits per heavy atom. The van der Waals surface area contributed by atoms with Gasteiger partial charge in [-0.1, -0.05) is 35.9 Å². The lowest BCUT2D eigenvalue weighted by Gasteiger charge is -2.17. The summed E-state index contributed by atoms with van der Waals surface area (Å²) in [7, 11) is 1.63. The molecule has 1 unspecified atom stereocenters. The minimum atomic E-state index is -0.108. The highest BCUT2D eigenvalue weighted by Gasteiger charge is 2.13. The molecule has 0 aliphatic heterocycles. The number of para-hydroxylation sites is 1. The van der Waals surface area contributed by atoms with Crippen molar-refractivity contribution in [3.05, 3.63) is 59.7 Å². The van der Waals surface area contributed by atoms with E-state index in [2.05, 4.69) is 10.6 Å². The van der Waals surface area contributed by atoms with Gasteiger partial charge in [0.2, 0.25) is 5.91 Å². The second-order valence-electron chi connectivity index (χ2n) is 5.25. The SMILES string of the molecule is COc1ccccc1C(C)NC(=O)CNc1ccc(C)cc1. The average Bonchev–Trinajstić information content (AvgIpc) is 2.54. The van der Waals surface area contributed by atoms with Gasteiger partial charge in [-0.2, -0.15) is 0 Å². The average molecular weight is 298 g/mol. The Hall–Kier alpha value is -2.49. The molecule has 4 heteroatoms. The van der Waals surface area contributed by atoms with Crippen molar-refractivity contribution in [3.8, 4) is 5.75 Å². The van der Waals surface area contributed by atoms with Crippen LogP contribution in [0.2, 0.25) is 0 Å². The van der Waals surface area contributed by atoms with Crippen molar-refractivity contribution in [2.75, 3.05) is 19.0 Å². The molecule has 0 fully saturated rings. The standard InChI is InChI=1S/C18H22N2O2/c1-13-8-10-15(11-9-13)19-12-18(21)20-14(2)16-6-4-5-7-17(16)22-3/h4-11,14,19H,12H2,1-3H3,(H,20,21). The Morgan fingerprint density at radius 2 is 1.82 bits per heavy atom. The molecule has 2 aromatic carbocycles. The monoisotopic (exact) mass is 298 g/mol. The minimum Gasteiger partial charge on any atom is -0.496 e. The fourth-order valence-corrected chi connectivity index (χ4v) is 2.25. The molecular formula is C18H22N2O2. The largest absolute Gasteiger partial charge is 0.496 e. The zero-order valence-electron chi connectivity index (χ0n) is 13.2. The van der Waals surface area contributed by atoms with Crippen molar-refractivity contribution in [2.24, 2.45) is 0 Å². The fraction of sp³-hybridized carbons (Fsp3) is 0.278. The Morgan fingerprint density at radius 1 is 1.14 bits per heavy atom. The number of carbonyl (C=O) groups is 1. The minimum absolute atomic E-state index is 0.0565. The van der Waals surface area contributed by atoms with Crippen molar-refractivity contribution in [3.63, 3.8) is 0 Å². The number of aryl methyl sites for hydroxylation is 1. The van der Waals surface area contributed by atoms with Crippen molar-refractivity contribution < 1.29 is 9.53 Å². The Balaban J connectivity index is 1.90. The van der Waals surface area contributed by atoms with Crippen LogP contribution in [0.25, 0.3) is 0 Å². The van der Waals surface area contributed by atoms with Crippen LogP contribution in [0.3, 0.4) is 0 Å². The van der Waals surface area contributed by atoms with E-state index < -0.39 is 0 Å². The number of hydrogen-bond donors (Lipinski definition) is 2. The maximum atomic E-state index is 12.1. The highest BCUT2D eigenvalue weighted by atomic mass is 16.5. The number of nitrogens with one attached hydrogen (secondary N) is 2. The van der Waals surface area contributed by atoms with Gasteiger partial charge in [-0.05, 0) is 32.0 Å². The van der Waals surface area contributed by atoms with Crippen molar-refractivity contribution in [1.29, 1.82) is 0 Å². The maximum absolute atomic E-state index is 12.1. The molecule has 0 bridgehead atoms. The van der Waals surface area contributed by atoms with E-state index in [0.717, 1.165) is 17.0 Å². The molecule has 1 amide bonds. The summed E-state index contributed by atoms with van der Waals surface area (Å²) in [6.45, 7) is 4.22. The van der Waals surface area contributed by atoms with Gasteiger partial charge in [0.05, 0.1) is 19.7 Å². The van der Waals surface area contributed by atoms with Crippen LogP contribution in [-0.2, 0) is 4.79 Å². The lowest BCUT2D eigenvalue weighted by Crippen LogP contribution is -2.32. The topological polar surface area (TPSA) is 50.4 Å². The predicted molar refractivity (Wildman–Crippen MR) is 89.2 cm³/mol. The number of ether oxygens (including phenoxy) is 1. The number of rotatable bonds is 6. The molecule has 0 heterocycles. The van der Waals surface area contributed by atoms with E-state index in [1.807, 2.05) is 62.4 Å². The molecule has 0 aromatic heterocycles. The molecule has 1 atom stereocenters. The second kappa shape index (κ2) is 7.50. The number of anilines is 1. The molecule has 22 heavy (non-hydrogen) atoms. The van der Waals surface area contributed by atoms with E-state index >= 15 is 0 Å². The summed E-state index contributed by atoms with van der Waals surface area (Å²) in [5.74, 6) is 0.723. The Labute approximate surface area is 131 Å². The molecule has 0 saturated carbocycles. The van der Waals surface area contributed by atoms with Gasteiger partial charge in [-0.15, -0.1) is 0 Å². The van der Waals surface area contributed by atoms with E-state index in [-0.39, 0.29) is 18.5 Å². The van der Waals surface area contributed by atoms with E-state index in [4.69, 9.17) is 4.74 Å². The molecule has 0 aliphatic carbocycles. The normalized spacial score (nSPS) is 11.6. The summed E-state index contributed by atoms with van der Waals surface area (Å²) in [5, 5.41) is 6.08. The van der Waals surface area contributed by atoms with E-state index in [1.165, 1.54) is 5.56 Å². The third-order valence-electron chi connectivity index (χ3n) is 3.49. The molecule has 0 saturated heterocycles. The van der Waals surface area contributed by atoms with Gasteiger partial charge in [-0.3, -0.25) is 4.79 Å². The maximum Gasteiger partial charge on any atom is 0.239 e. The highest BCUT2D eigenvalue weighted by molar-refractivity contribution is 5.81.